The Hall–Kier alpha value is -1.18. The summed E-state index contributed by atoms with van der Waals surface area (Å²) in [4.78, 5) is 25.2. The zero-order valence-corrected chi connectivity index (χ0v) is 20.7. The number of hydrogen-bond acceptors (Lipinski definition) is 2. The normalized spacial score (nSPS) is 42.2. The van der Waals surface area contributed by atoms with Crippen LogP contribution >= 0.6 is 0 Å². The van der Waals surface area contributed by atoms with Gasteiger partial charge >= 0.3 is 0 Å². The van der Waals surface area contributed by atoms with Crippen molar-refractivity contribution in [3.8, 4) is 0 Å². The molecule has 8 atom stereocenters. The van der Waals surface area contributed by atoms with Crippen LogP contribution in [0.2, 0.25) is 0 Å². The molecule has 4 aliphatic rings. The van der Waals surface area contributed by atoms with Gasteiger partial charge < -0.3 is 0 Å². The van der Waals surface area contributed by atoms with Crippen LogP contribution in [0.1, 0.15) is 92.9 Å². The first kappa shape index (κ1) is 23.0. The van der Waals surface area contributed by atoms with Gasteiger partial charge in [-0.2, -0.15) is 0 Å². The van der Waals surface area contributed by atoms with Gasteiger partial charge in [0.2, 0.25) is 0 Å². The minimum atomic E-state index is -0.0650. The summed E-state index contributed by atoms with van der Waals surface area (Å²) in [5.41, 5.74) is 1.16. The van der Waals surface area contributed by atoms with Gasteiger partial charge in [0.15, 0.2) is 11.6 Å². The molecule has 0 spiro atoms. The van der Waals surface area contributed by atoms with Crippen molar-refractivity contribution in [1.29, 1.82) is 0 Å². The Morgan fingerprint density at radius 3 is 2.45 bits per heavy atom. The Morgan fingerprint density at radius 1 is 1.03 bits per heavy atom. The molecular formula is C29H44O2. The molecule has 0 radical (unpaired) electrons. The first-order chi connectivity index (χ1) is 14.6. The molecule has 0 aromatic heterocycles. The maximum Gasteiger partial charge on any atom is 0.159 e. The van der Waals surface area contributed by atoms with Crippen LogP contribution in [0, 0.1) is 52.3 Å². The number of allylic oxidation sites excluding steroid dienone is 3. The Morgan fingerprint density at radius 2 is 1.77 bits per heavy atom. The lowest BCUT2D eigenvalue weighted by molar-refractivity contribution is -0.131. The first-order valence-electron chi connectivity index (χ1n) is 13.1. The first-order valence-corrected chi connectivity index (χ1v) is 13.1. The fraction of sp³-hybridized carbons (Fsp3) is 0.793. The molecule has 0 bridgehead atoms. The molecule has 3 saturated carbocycles. The highest BCUT2D eigenvalue weighted by molar-refractivity contribution is 6.05. The summed E-state index contributed by atoms with van der Waals surface area (Å²) in [6, 6.07) is 0. The van der Waals surface area contributed by atoms with E-state index in [0.29, 0.717) is 53.8 Å². The predicted octanol–water partition coefficient (Wildman–Crippen LogP) is 7.19. The van der Waals surface area contributed by atoms with Crippen LogP contribution in [-0.2, 0) is 9.59 Å². The molecule has 0 aliphatic heterocycles. The lowest BCUT2D eigenvalue weighted by atomic mass is 9.46. The van der Waals surface area contributed by atoms with E-state index in [0.717, 1.165) is 17.9 Å². The molecule has 0 heterocycles. The molecule has 0 saturated heterocycles. The highest BCUT2D eigenvalue weighted by Crippen LogP contribution is 2.67. The van der Waals surface area contributed by atoms with E-state index in [1.54, 1.807) is 6.08 Å². The van der Waals surface area contributed by atoms with Gasteiger partial charge in [-0.3, -0.25) is 9.59 Å². The topological polar surface area (TPSA) is 34.1 Å². The standard InChI is InChI=1S/C29H44O2/c1-7-20(18(2)3)9-8-19(4)23-10-11-24-22-17-27(31)26-16-21(30)12-14-29(26,6)25(22)13-15-28(23,24)5/h8-9,16,18-20,22-25H,7,10-15,17H2,1-6H3/t19-,20-,22+,23-,24+,25+,28-,29-/m1/s1. The fourth-order valence-electron chi connectivity index (χ4n) is 8.57. The van der Waals surface area contributed by atoms with Crippen molar-refractivity contribution >= 4 is 11.6 Å². The van der Waals surface area contributed by atoms with Crippen LogP contribution in [-0.4, -0.2) is 11.6 Å². The van der Waals surface area contributed by atoms with Gasteiger partial charge in [-0.15, -0.1) is 0 Å². The second kappa shape index (κ2) is 8.31. The molecule has 0 N–H and O–H groups in total. The van der Waals surface area contributed by atoms with Crippen LogP contribution in [0.4, 0.5) is 0 Å². The Labute approximate surface area is 190 Å². The van der Waals surface area contributed by atoms with Gasteiger partial charge in [0.25, 0.3) is 0 Å². The van der Waals surface area contributed by atoms with E-state index in [-0.39, 0.29) is 17.0 Å². The van der Waals surface area contributed by atoms with E-state index in [2.05, 4.69) is 53.7 Å². The lowest BCUT2D eigenvalue weighted by Gasteiger charge is -2.57. The van der Waals surface area contributed by atoms with Crippen LogP contribution in [0.3, 0.4) is 0 Å². The van der Waals surface area contributed by atoms with E-state index in [9.17, 15) is 9.59 Å². The number of hydrogen-bond donors (Lipinski definition) is 0. The molecule has 31 heavy (non-hydrogen) atoms. The Kier molecular flexibility index (Phi) is 6.16. The zero-order chi connectivity index (χ0) is 22.6. The average molecular weight is 425 g/mol. The molecule has 2 heteroatoms. The molecule has 0 amide bonds. The third-order valence-electron chi connectivity index (χ3n) is 10.5. The van der Waals surface area contributed by atoms with Gasteiger partial charge in [-0.05, 0) is 96.9 Å². The summed E-state index contributed by atoms with van der Waals surface area (Å²) in [5, 5.41) is 0. The maximum absolute atomic E-state index is 13.2. The van der Waals surface area contributed by atoms with E-state index in [1.165, 1.54) is 32.1 Å². The number of Topliss-reactive ketones (excluding diaryl/α,β-unsaturated/α-hetero) is 1. The second-order valence-electron chi connectivity index (χ2n) is 12.2. The van der Waals surface area contributed by atoms with Crippen LogP contribution in [0.5, 0.6) is 0 Å². The van der Waals surface area contributed by atoms with Gasteiger partial charge in [0.1, 0.15) is 0 Å². The molecule has 0 aromatic carbocycles. The van der Waals surface area contributed by atoms with Crippen molar-refractivity contribution in [3.63, 3.8) is 0 Å². The smallest absolute Gasteiger partial charge is 0.159 e. The molecule has 4 rings (SSSR count). The molecule has 2 nitrogen and oxygen atoms in total. The van der Waals surface area contributed by atoms with Gasteiger partial charge in [0.05, 0.1) is 0 Å². The number of carbonyl (C=O) groups excluding carboxylic acids is 2. The summed E-state index contributed by atoms with van der Waals surface area (Å²) < 4.78 is 0. The SMILES string of the molecule is CC[C@H](C=C[C@@H](C)[C@H]1CC[C@H]2[C@@H]3CC(=O)C4=CC(=O)CC[C@]4(C)[C@H]3CC[C@]12C)C(C)C. The lowest BCUT2D eigenvalue weighted by Crippen LogP contribution is -2.53. The Bertz CT molecular complexity index is 789. The molecular weight excluding hydrogens is 380 g/mol. The van der Waals surface area contributed by atoms with Crippen molar-refractivity contribution in [2.75, 3.05) is 0 Å². The zero-order valence-electron chi connectivity index (χ0n) is 20.7. The average Bonchev–Trinajstić information content (AvgIpc) is 3.07. The molecule has 3 fully saturated rings. The summed E-state index contributed by atoms with van der Waals surface area (Å²) >= 11 is 0. The van der Waals surface area contributed by atoms with E-state index < -0.39 is 0 Å². The maximum atomic E-state index is 13.2. The van der Waals surface area contributed by atoms with Gasteiger partial charge in [-0.25, -0.2) is 0 Å². The summed E-state index contributed by atoms with van der Waals surface area (Å²) in [6.45, 7) is 14.3. The molecule has 0 unspecified atom stereocenters. The quantitative estimate of drug-likeness (QED) is 0.438. The minimum absolute atomic E-state index is 0.0650. The summed E-state index contributed by atoms with van der Waals surface area (Å²) in [7, 11) is 0. The van der Waals surface area contributed by atoms with Crippen molar-refractivity contribution in [2.45, 2.75) is 92.9 Å². The van der Waals surface area contributed by atoms with E-state index >= 15 is 0 Å². The molecule has 0 aromatic rings. The van der Waals surface area contributed by atoms with E-state index in [4.69, 9.17) is 0 Å². The Balaban J connectivity index is 1.56. The minimum Gasteiger partial charge on any atom is -0.295 e. The summed E-state index contributed by atoms with van der Waals surface area (Å²) in [5.74, 6) is 4.92. The van der Waals surface area contributed by atoms with E-state index in [1.807, 2.05) is 0 Å². The highest BCUT2D eigenvalue weighted by Gasteiger charge is 2.60. The van der Waals surface area contributed by atoms with Crippen molar-refractivity contribution < 1.29 is 9.59 Å². The molecule has 172 valence electrons. The van der Waals surface area contributed by atoms with Gasteiger partial charge in [0, 0.05) is 18.4 Å². The third kappa shape index (κ3) is 3.70. The van der Waals surface area contributed by atoms with Crippen molar-refractivity contribution in [3.05, 3.63) is 23.8 Å². The summed E-state index contributed by atoms with van der Waals surface area (Å²) in [6.07, 6.45) is 15.2. The van der Waals surface area contributed by atoms with Crippen LogP contribution < -0.4 is 0 Å². The number of carbonyl (C=O) groups is 2. The molecule has 4 aliphatic carbocycles. The number of fused-ring (bicyclic) bond motifs is 5. The second-order valence-corrected chi connectivity index (χ2v) is 12.2. The van der Waals surface area contributed by atoms with Crippen LogP contribution in [0.15, 0.2) is 23.8 Å². The highest BCUT2D eigenvalue weighted by atomic mass is 16.1. The fourth-order valence-corrected chi connectivity index (χ4v) is 8.57. The van der Waals surface area contributed by atoms with Crippen molar-refractivity contribution in [1.82, 2.24) is 0 Å². The third-order valence-corrected chi connectivity index (χ3v) is 10.5. The monoisotopic (exact) mass is 424 g/mol. The number of rotatable bonds is 5. The largest absolute Gasteiger partial charge is 0.295 e. The van der Waals surface area contributed by atoms with Crippen LogP contribution in [0.25, 0.3) is 0 Å². The predicted molar refractivity (Wildman–Crippen MR) is 128 cm³/mol. The van der Waals surface area contributed by atoms with Gasteiger partial charge in [-0.1, -0.05) is 53.7 Å². The number of ketones is 2. The van der Waals surface area contributed by atoms with Crippen molar-refractivity contribution in [2.24, 2.45) is 52.3 Å².